The van der Waals surface area contributed by atoms with Crippen LogP contribution in [0.2, 0.25) is 5.02 Å². The van der Waals surface area contributed by atoms with Gasteiger partial charge >= 0.3 is 0 Å². The lowest BCUT2D eigenvalue weighted by molar-refractivity contribution is 0.452. The Hall–Kier alpha value is -0.800. The SMILES string of the molecule is N[C@@H](CC1CC1)c1cc(F)cc(Cl)c1O. The van der Waals surface area contributed by atoms with Gasteiger partial charge in [0.05, 0.1) is 5.02 Å². The molecule has 1 aliphatic rings. The fourth-order valence-electron chi connectivity index (χ4n) is 1.71. The standard InChI is InChI=1S/C11H13ClFNO/c12-9-5-7(13)4-8(11(9)15)10(14)3-6-1-2-6/h4-6,10,15H,1-3,14H2/t10-/m0/s1. The molecule has 0 amide bonds. The Balaban J connectivity index is 2.24. The van der Waals surface area contributed by atoms with Gasteiger partial charge in [0.25, 0.3) is 0 Å². The monoisotopic (exact) mass is 229 g/mol. The summed E-state index contributed by atoms with van der Waals surface area (Å²) in [5.41, 5.74) is 6.30. The fourth-order valence-corrected chi connectivity index (χ4v) is 1.92. The Morgan fingerprint density at radius 3 is 2.80 bits per heavy atom. The maximum atomic E-state index is 13.1. The first-order valence-corrected chi connectivity index (χ1v) is 5.39. The summed E-state index contributed by atoms with van der Waals surface area (Å²) in [7, 11) is 0. The quantitative estimate of drug-likeness (QED) is 0.837. The van der Waals surface area contributed by atoms with Crippen molar-refractivity contribution in [3.8, 4) is 5.75 Å². The van der Waals surface area contributed by atoms with Crippen LogP contribution in [0.3, 0.4) is 0 Å². The average Bonchev–Trinajstić information content (AvgIpc) is 2.94. The minimum Gasteiger partial charge on any atom is -0.506 e. The summed E-state index contributed by atoms with van der Waals surface area (Å²) in [5.74, 6) is 0.0757. The van der Waals surface area contributed by atoms with E-state index in [-0.39, 0.29) is 16.8 Å². The van der Waals surface area contributed by atoms with Crippen LogP contribution < -0.4 is 5.73 Å². The summed E-state index contributed by atoms with van der Waals surface area (Å²) in [4.78, 5) is 0. The van der Waals surface area contributed by atoms with E-state index in [2.05, 4.69) is 0 Å². The average molecular weight is 230 g/mol. The van der Waals surface area contributed by atoms with Crippen molar-refractivity contribution in [2.45, 2.75) is 25.3 Å². The van der Waals surface area contributed by atoms with Gasteiger partial charge in [-0.1, -0.05) is 24.4 Å². The molecule has 15 heavy (non-hydrogen) atoms. The van der Waals surface area contributed by atoms with Crippen LogP contribution in [0.25, 0.3) is 0 Å². The maximum absolute atomic E-state index is 13.1. The summed E-state index contributed by atoms with van der Waals surface area (Å²) in [6.45, 7) is 0. The third kappa shape index (κ3) is 2.41. The molecule has 0 unspecified atom stereocenters. The molecule has 1 aliphatic carbocycles. The number of hydrogen-bond acceptors (Lipinski definition) is 2. The van der Waals surface area contributed by atoms with Gasteiger partial charge in [0.1, 0.15) is 11.6 Å². The smallest absolute Gasteiger partial charge is 0.139 e. The highest BCUT2D eigenvalue weighted by Gasteiger charge is 2.26. The zero-order valence-corrected chi connectivity index (χ0v) is 8.97. The molecule has 1 fully saturated rings. The number of phenolic OH excluding ortho intramolecular Hbond substituents is 1. The highest BCUT2D eigenvalue weighted by molar-refractivity contribution is 6.32. The molecule has 82 valence electrons. The van der Waals surface area contributed by atoms with Crippen molar-refractivity contribution in [1.29, 1.82) is 0 Å². The van der Waals surface area contributed by atoms with Gasteiger partial charge in [0, 0.05) is 11.6 Å². The van der Waals surface area contributed by atoms with Crippen molar-refractivity contribution < 1.29 is 9.50 Å². The molecule has 0 aromatic heterocycles. The molecule has 1 saturated carbocycles. The molecule has 0 bridgehead atoms. The molecule has 4 heteroatoms. The Bertz CT molecular complexity index is 379. The lowest BCUT2D eigenvalue weighted by Crippen LogP contribution is -2.11. The predicted octanol–water partition coefficient (Wildman–Crippen LogP) is 2.98. The highest BCUT2D eigenvalue weighted by atomic mass is 35.5. The fraction of sp³-hybridized carbons (Fsp3) is 0.455. The number of phenols is 1. The number of halogens is 2. The second kappa shape index (κ2) is 3.99. The molecule has 0 heterocycles. The summed E-state index contributed by atoms with van der Waals surface area (Å²) in [6.07, 6.45) is 3.14. The molecule has 0 aliphatic heterocycles. The lowest BCUT2D eigenvalue weighted by Gasteiger charge is -2.14. The molecule has 1 atom stereocenters. The Morgan fingerprint density at radius 1 is 1.53 bits per heavy atom. The topological polar surface area (TPSA) is 46.2 Å². The van der Waals surface area contributed by atoms with Gasteiger partial charge in [-0.3, -0.25) is 0 Å². The number of nitrogens with two attached hydrogens (primary N) is 1. The van der Waals surface area contributed by atoms with Crippen LogP contribution in [0.5, 0.6) is 5.75 Å². The zero-order chi connectivity index (χ0) is 11.0. The van der Waals surface area contributed by atoms with Crippen LogP contribution in [-0.2, 0) is 0 Å². The molecular weight excluding hydrogens is 217 g/mol. The number of aromatic hydroxyl groups is 1. The van der Waals surface area contributed by atoms with E-state index in [0.717, 1.165) is 12.5 Å². The van der Waals surface area contributed by atoms with E-state index in [9.17, 15) is 9.50 Å². The summed E-state index contributed by atoms with van der Waals surface area (Å²) >= 11 is 5.67. The van der Waals surface area contributed by atoms with Gasteiger partial charge in [0.2, 0.25) is 0 Å². The molecule has 3 N–H and O–H groups in total. The van der Waals surface area contributed by atoms with Crippen LogP contribution in [-0.4, -0.2) is 5.11 Å². The Labute approximate surface area is 92.9 Å². The van der Waals surface area contributed by atoms with Gasteiger partial charge in [-0.05, 0) is 24.5 Å². The summed E-state index contributed by atoms with van der Waals surface area (Å²) in [5, 5.41) is 9.67. The summed E-state index contributed by atoms with van der Waals surface area (Å²) in [6, 6.07) is 2.02. The van der Waals surface area contributed by atoms with Crippen molar-refractivity contribution in [3.63, 3.8) is 0 Å². The van der Waals surface area contributed by atoms with Gasteiger partial charge in [-0.15, -0.1) is 0 Å². The van der Waals surface area contributed by atoms with E-state index in [4.69, 9.17) is 17.3 Å². The van der Waals surface area contributed by atoms with Crippen molar-refractivity contribution in [2.75, 3.05) is 0 Å². The van der Waals surface area contributed by atoms with Crippen molar-refractivity contribution in [3.05, 3.63) is 28.5 Å². The Morgan fingerprint density at radius 2 is 2.20 bits per heavy atom. The number of rotatable bonds is 3. The third-order valence-electron chi connectivity index (χ3n) is 2.74. The lowest BCUT2D eigenvalue weighted by atomic mass is 10.0. The highest BCUT2D eigenvalue weighted by Crippen LogP contribution is 2.40. The first kappa shape index (κ1) is 10.7. The van der Waals surface area contributed by atoms with E-state index in [1.165, 1.54) is 18.9 Å². The predicted molar refractivity (Wildman–Crippen MR) is 57.3 cm³/mol. The van der Waals surface area contributed by atoms with Crippen molar-refractivity contribution in [2.24, 2.45) is 11.7 Å². The Kier molecular flexibility index (Phi) is 2.85. The third-order valence-corrected chi connectivity index (χ3v) is 3.03. The molecule has 0 radical (unpaired) electrons. The molecule has 0 spiro atoms. The van der Waals surface area contributed by atoms with Gasteiger partial charge in [0.15, 0.2) is 0 Å². The zero-order valence-electron chi connectivity index (χ0n) is 8.21. The van der Waals surface area contributed by atoms with E-state index in [1.807, 2.05) is 0 Å². The van der Waals surface area contributed by atoms with Gasteiger partial charge < -0.3 is 10.8 Å². The molecule has 1 aromatic carbocycles. The van der Waals surface area contributed by atoms with Crippen molar-refractivity contribution >= 4 is 11.6 Å². The van der Waals surface area contributed by atoms with Crippen LogP contribution in [0.4, 0.5) is 4.39 Å². The van der Waals surface area contributed by atoms with Crippen LogP contribution in [0, 0.1) is 11.7 Å². The molecule has 0 saturated heterocycles. The second-order valence-electron chi connectivity index (χ2n) is 4.11. The van der Waals surface area contributed by atoms with Crippen LogP contribution in [0.15, 0.2) is 12.1 Å². The van der Waals surface area contributed by atoms with Crippen LogP contribution >= 0.6 is 11.6 Å². The molecular formula is C11H13ClFNO. The molecule has 1 aromatic rings. The van der Waals surface area contributed by atoms with E-state index in [1.54, 1.807) is 0 Å². The second-order valence-corrected chi connectivity index (χ2v) is 4.52. The van der Waals surface area contributed by atoms with Gasteiger partial charge in [-0.2, -0.15) is 0 Å². The van der Waals surface area contributed by atoms with E-state index < -0.39 is 5.82 Å². The van der Waals surface area contributed by atoms with E-state index >= 15 is 0 Å². The normalized spacial score (nSPS) is 17.8. The number of benzene rings is 1. The minimum atomic E-state index is -0.459. The summed E-state index contributed by atoms with van der Waals surface area (Å²) < 4.78 is 13.1. The van der Waals surface area contributed by atoms with E-state index in [0.29, 0.717) is 11.5 Å². The first-order chi connectivity index (χ1) is 7.08. The first-order valence-electron chi connectivity index (χ1n) is 5.01. The molecule has 2 nitrogen and oxygen atoms in total. The maximum Gasteiger partial charge on any atom is 0.139 e. The van der Waals surface area contributed by atoms with Gasteiger partial charge in [-0.25, -0.2) is 4.39 Å². The minimum absolute atomic E-state index is 0.0243. The van der Waals surface area contributed by atoms with Crippen LogP contribution in [0.1, 0.15) is 30.9 Å². The molecule has 2 rings (SSSR count). The largest absolute Gasteiger partial charge is 0.506 e. The number of hydrogen-bond donors (Lipinski definition) is 2. The van der Waals surface area contributed by atoms with Crippen molar-refractivity contribution in [1.82, 2.24) is 0 Å².